The predicted molar refractivity (Wildman–Crippen MR) is 89.5 cm³/mol. The van der Waals surface area contributed by atoms with Crippen LogP contribution in [0.5, 0.6) is 0 Å². The first-order valence-electron chi connectivity index (χ1n) is 7.30. The van der Waals surface area contributed by atoms with Crippen molar-refractivity contribution in [3.8, 4) is 11.4 Å². The number of aromatic nitrogens is 5. The van der Waals surface area contributed by atoms with Gasteiger partial charge in [0, 0.05) is 16.8 Å². The Morgan fingerprint density at radius 2 is 1.96 bits per heavy atom. The van der Waals surface area contributed by atoms with Crippen molar-refractivity contribution in [1.82, 2.24) is 30.5 Å². The molecule has 2 aromatic heterocycles. The molecule has 0 bridgehead atoms. The van der Waals surface area contributed by atoms with Gasteiger partial charge in [-0.3, -0.25) is 14.9 Å². The van der Waals surface area contributed by atoms with E-state index in [1.807, 2.05) is 26.0 Å². The summed E-state index contributed by atoms with van der Waals surface area (Å²) < 4.78 is 0. The van der Waals surface area contributed by atoms with Crippen LogP contribution in [-0.4, -0.2) is 31.1 Å². The fraction of sp³-hybridized carbons (Fsp3) is 0.188. The van der Waals surface area contributed by atoms with Gasteiger partial charge in [-0.25, -0.2) is 9.97 Å². The van der Waals surface area contributed by atoms with Gasteiger partial charge in [-0.05, 0) is 38.1 Å². The summed E-state index contributed by atoms with van der Waals surface area (Å²) in [5.41, 5.74) is 1.84. The summed E-state index contributed by atoms with van der Waals surface area (Å²) in [6, 6.07) is 6.86. The number of aromatic amines is 1. The molecule has 2 heterocycles. The Hall–Kier alpha value is -2.80. The van der Waals surface area contributed by atoms with Gasteiger partial charge < -0.3 is 5.32 Å². The minimum atomic E-state index is -0.353. The zero-order valence-electron chi connectivity index (χ0n) is 13.1. The molecule has 7 nitrogen and oxygen atoms in total. The maximum Gasteiger partial charge on any atom is 0.272 e. The minimum Gasteiger partial charge on any atom is -0.341 e. The Balaban J connectivity index is 1.71. The molecule has 1 unspecified atom stereocenters. The van der Waals surface area contributed by atoms with Gasteiger partial charge in [-0.1, -0.05) is 11.6 Å². The summed E-state index contributed by atoms with van der Waals surface area (Å²) in [5.74, 6) is 0.769. The molecule has 0 aliphatic heterocycles. The summed E-state index contributed by atoms with van der Waals surface area (Å²) in [6.45, 7) is 3.62. The second-order valence-corrected chi connectivity index (χ2v) is 5.73. The topological polar surface area (TPSA) is 96.5 Å². The highest BCUT2D eigenvalue weighted by Gasteiger charge is 2.16. The van der Waals surface area contributed by atoms with Crippen LogP contribution in [0.3, 0.4) is 0 Å². The van der Waals surface area contributed by atoms with Crippen LogP contribution in [0.2, 0.25) is 5.02 Å². The van der Waals surface area contributed by atoms with Crippen LogP contribution in [0.15, 0.2) is 36.7 Å². The van der Waals surface area contributed by atoms with Crippen LogP contribution < -0.4 is 5.32 Å². The molecule has 3 rings (SSSR count). The van der Waals surface area contributed by atoms with Crippen molar-refractivity contribution >= 4 is 17.5 Å². The Morgan fingerprint density at radius 1 is 1.21 bits per heavy atom. The number of rotatable bonds is 4. The van der Waals surface area contributed by atoms with Gasteiger partial charge in [-0.2, -0.15) is 5.10 Å². The second kappa shape index (κ2) is 6.76. The monoisotopic (exact) mass is 342 g/mol. The van der Waals surface area contributed by atoms with Crippen LogP contribution in [0.1, 0.15) is 35.0 Å². The van der Waals surface area contributed by atoms with Crippen LogP contribution in [0, 0.1) is 6.92 Å². The maximum atomic E-state index is 12.2. The number of benzene rings is 1. The molecule has 3 aromatic rings. The van der Waals surface area contributed by atoms with E-state index in [4.69, 9.17) is 11.6 Å². The molecule has 0 aliphatic carbocycles. The number of halogens is 1. The van der Waals surface area contributed by atoms with Crippen molar-refractivity contribution < 1.29 is 4.79 Å². The lowest BCUT2D eigenvalue weighted by Gasteiger charge is -2.10. The van der Waals surface area contributed by atoms with Gasteiger partial charge in [-0.15, -0.1) is 0 Å². The smallest absolute Gasteiger partial charge is 0.272 e. The van der Waals surface area contributed by atoms with Crippen molar-refractivity contribution in [2.24, 2.45) is 0 Å². The first-order chi connectivity index (χ1) is 11.5. The van der Waals surface area contributed by atoms with E-state index in [0.717, 1.165) is 11.3 Å². The van der Waals surface area contributed by atoms with E-state index >= 15 is 0 Å². The van der Waals surface area contributed by atoms with E-state index in [1.54, 1.807) is 18.3 Å². The molecular formula is C16H15ClN6O. The van der Waals surface area contributed by atoms with Crippen molar-refractivity contribution in [3.63, 3.8) is 0 Å². The van der Waals surface area contributed by atoms with E-state index in [9.17, 15) is 4.79 Å². The van der Waals surface area contributed by atoms with E-state index in [1.165, 1.54) is 6.20 Å². The van der Waals surface area contributed by atoms with E-state index in [0.29, 0.717) is 16.7 Å². The Labute approximate surface area is 143 Å². The van der Waals surface area contributed by atoms with Crippen LogP contribution in [0.25, 0.3) is 11.4 Å². The number of carbonyl (C=O) groups is 1. The van der Waals surface area contributed by atoms with Gasteiger partial charge in [0.1, 0.15) is 11.5 Å². The number of aryl methyl sites for hydroxylation is 1. The molecule has 0 saturated heterocycles. The summed E-state index contributed by atoms with van der Waals surface area (Å²) >= 11 is 5.87. The lowest BCUT2D eigenvalue weighted by molar-refractivity contribution is 0.0933. The fourth-order valence-corrected chi connectivity index (χ4v) is 2.17. The fourth-order valence-electron chi connectivity index (χ4n) is 2.04. The third kappa shape index (κ3) is 3.57. The molecule has 0 saturated carbocycles. The van der Waals surface area contributed by atoms with Gasteiger partial charge in [0.15, 0.2) is 5.82 Å². The summed E-state index contributed by atoms with van der Waals surface area (Å²) in [5, 5.41) is 10.5. The van der Waals surface area contributed by atoms with Gasteiger partial charge in [0.05, 0.1) is 17.9 Å². The summed E-state index contributed by atoms with van der Waals surface area (Å²) in [4.78, 5) is 24.7. The highest BCUT2D eigenvalue weighted by atomic mass is 35.5. The first kappa shape index (κ1) is 16.1. The zero-order valence-corrected chi connectivity index (χ0v) is 13.9. The Bertz CT molecular complexity index is 844. The third-order valence-electron chi connectivity index (χ3n) is 3.38. The maximum absolute atomic E-state index is 12.2. The molecule has 2 N–H and O–H groups in total. The Morgan fingerprint density at radius 3 is 2.62 bits per heavy atom. The molecular weight excluding hydrogens is 328 g/mol. The van der Waals surface area contributed by atoms with E-state index in [2.05, 4.69) is 30.5 Å². The number of nitrogens with one attached hydrogen (secondary N) is 2. The average Bonchev–Trinajstić information content (AvgIpc) is 3.06. The van der Waals surface area contributed by atoms with Gasteiger partial charge in [0.25, 0.3) is 5.91 Å². The second-order valence-electron chi connectivity index (χ2n) is 5.29. The number of nitrogens with zero attached hydrogens (tertiary/aromatic N) is 4. The van der Waals surface area contributed by atoms with Crippen LogP contribution >= 0.6 is 11.6 Å². The van der Waals surface area contributed by atoms with Crippen molar-refractivity contribution in [1.29, 1.82) is 0 Å². The quantitative estimate of drug-likeness (QED) is 0.759. The number of amides is 1. The number of carbonyl (C=O) groups excluding carboxylic acids is 1. The Kier molecular flexibility index (Phi) is 4.52. The normalized spacial score (nSPS) is 12.0. The molecule has 1 atom stereocenters. The van der Waals surface area contributed by atoms with Crippen molar-refractivity contribution in [2.45, 2.75) is 19.9 Å². The van der Waals surface area contributed by atoms with Crippen LogP contribution in [-0.2, 0) is 0 Å². The van der Waals surface area contributed by atoms with Crippen LogP contribution in [0.4, 0.5) is 0 Å². The molecule has 24 heavy (non-hydrogen) atoms. The summed E-state index contributed by atoms with van der Waals surface area (Å²) in [6.07, 6.45) is 2.99. The highest BCUT2D eigenvalue weighted by Crippen LogP contribution is 2.19. The SMILES string of the molecule is Cc1cnc(C(=O)NC(C)c2nc(-c3ccc(Cl)cc3)n[nH]2)cn1. The van der Waals surface area contributed by atoms with Crippen molar-refractivity contribution in [2.75, 3.05) is 0 Å². The molecule has 0 fully saturated rings. The minimum absolute atomic E-state index is 0.255. The largest absolute Gasteiger partial charge is 0.341 e. The van der Waals surface area contributed by atoms with E-state index in [-0.39, 0.29) is 17.6 Å². The summed E-state index contributed by atoms with van der Waals surface area (Å²) in [7, 11) is 0. The molecule has 1 amide bonds. The lowest BCUT2D eigenvalue weighted by Crippen LogP contribution is -2.28. The first-order valence-corrected chi connectivity index (χ1v) is 7.68. The van der Waals surface area contributed by atoms with Gasteiger partial charge in [0.2, 0.25) is 0 Å². The van der Waals surface area contributed by atoms with Crippen molar-refractivity contribution in [3.05, 3.63) is 58.9 Å². The molecule has 0 radical (unpaired) electrons. The number of hydrogen-bond acceptors (Lipinski definition) is 5. The number of H-pyrrole nitrogens is 1. The van der Waals surface area contributed by atoms with Gasteiger partial charge >= 0.3 is 0 Å². The third-order valence-corrected chi connectivity index (χ3v) is 3.63. The standard InChI is InChI=1S/C16H15ClN6O/c1-9-7-19-13(8-18-9)16(24)20-10(2)14-21-15(23-22-14)11-3-5-12(17)6-4-11/h3-8,10H,1-2H3,(H,20,24)(H,21,22,23). The molecule has 0 spiro atoms. The predicted octanol–water partition coefficient (Wildman–Crippen LogP) is 2.71. The average molecular weight is 343 g/mol. The molecule has 0 aliphatic rings. The van der Waals surface area contributed by atoms with E-state index < -0.39 is 0 Å². The number of hydrogen-bond donors (Lipinski definition) is 2. The molecule has 1 aromatic carbocycles. The lowest BCUT2D eigenvalue weighted by atomic mass is 10.2. The molecule has 8 heteroatoms. The molecule has 122 valence electrons. The zero-order chi connectivity index (χ0) is 17.1. The highest BCUT2D eigenvalue weighted by molar-refractivity contribution is 6.30.